The SMILES string of the molecule is CN1CC(C)(c2cc(NC(=O)c3ccc(Cl)cn3)ccc2F)N=C(N)C1=O.Cl. The number of rotatable bonds is 3. The van der Waals surface area contributed by atoms with Crippen molar-refractivity contribution in [3.63, 3.8) is 0 Å². The minimum absolute atomic E-state index is 0. The number of nitrogens with zero attached hydrogens (tertiary/aromatic N) is 3. The van der Waals surface area contributed by atoms with Crippen LogP contribution < -0.4 is 11.1 Å². The van der Waals surface area contributed by atoms with Crippen molar-refractivity contribution in [2.24, 2.45) is 10.7 Å². The number of halogens is 3. The molecule has 2 amide bonds. The zero-order valence-corrected chi connectivity index (χ0v) is 16.6. The summed E-state index contributed by atoms with van der Waals surface area (Å²) < 4.78 is 14.5. The van der Waals surface area contributed by atoms with Crippen LogP contribution in [0.1, 0.15) is 23.0 Å². The standard InChI is InChI=1S/C18H17ClFN5O2.ClH/c1-18(9-25(2)17(27)15(21)24-18)12-7-11(4-5-13(12)20)23-16(26)14-6-3-10(19)8-22-14;/h3-8H,9H2,1-2H3,(H2,21,24)(H,23,26);1H. The molecule has 10 heteroatoms. The molecular formula is C18H18Cl2FN5O2. The molecule has 1 aliphatic rings. The molecule has 1 aromatic carbocycles. The molecule has 2 heterocycles. The average Bonchev–Trinajstić information content (AvgIpc) is 2.61. The zero-order valence-electron chi connectivity index (χ0n) is 15.1. The summed E-state index contributed by atoms with van der Waals surface area (Å²) in [7, 11) is 1.57. The van der Waals surface area contributed by atoms with Gasteiger partial charge in [-0.2, -0.15) is 0 Å². The lowest BCUT2D eigenvalue weighted by Crippen LogP contribution is -2.50. The normalized spacial score (nSPS) is 18.9. The number of nitrogens with two attached hydrogens (primary N) is 1. The van der Waals surface area contributed by atoms with Gasteiger partial charge in [0.05, 0.1) is 11.6 Å². The molecule has 28 heavy (non-hydrogen) atoms. The first-order valence-corrected chi connectivity index (χ1v) is 8.41. The van der Waals surface area contributed by atoms with Crippen molar-refractivity contribution in [3.05, 3.63) is 58.6 Å². The summed E-state index contributed by atoms with van der Waals surface area (Å²) in [6.07, 6.45) is 1.36. The Labute approximate surface area is 172 Å². The molecule has 2 aromatic rings. The second-order valence-corrected chi connectivity index (χ2v) is 6.88. The molecule has 0 saturated heterocycles. The van der Waals surface area contributed by atoms with E-state index in [1.165, 1.54) is 35.4 Å². The van der Waals surface area contributed by atoms with Crippen molar-refractivity contribution >= 4 is 47.3 Å². The summed E-state index contributed by atoms with van der Waals surface area (Å²) in [4.78, 5) is 33.7. The second kappa shape index (κ2) is 8.12. The molecular weight excluding hydrogens is 408 g/mol. The highest BCUT2D eigenvalue weighted by atomic mass is 35.5. The summed E-state index contributed by atoms with van der Waals surface area (Å²) in [5.74, 6) is -1.58. The Kier molecular flexibility index (Phi) is 6.26. The predicted octanol–water partition coefficient (Wildman–Crippen LogP) is 2.59. The minimum atomic E-state index is -1.07. The number of pyridine rings is 1. The van der Waals surface area contributed by atoms with Gasteiger partial charge in [-0.3, -0.25) is 14.6 Å². The lowest BCUT2D eigenvalue weighted by atomic mass is 9.89. The maximum Gasteiger partial charge on any atom is 0.288 e. The van der Waals surface area contributed by atoms with E-state index in [1.54, 1.807) is 20.0 Å². The van der Waals surface area contributed by atoms with Gasteiger partial charge in [0.2, 0.25) is 0 Å². The lowest BCUT2D eigenvalue weighted by molar-refractivity contribution is -0.124. The summed E-state index contributed by atoms with van der Waals surface area (Å²) in [5, 5.41) is 3.07. The Hall–Kier alpha value is -2.71. The molecule has 0 fully saturated rings. The first-order chi connectivity index (χ1) is 12.7. The van der Waals surface area contributed by atoms with E-state index in [9.17, 15) is 14.0 Å². The number of likely N-dealkylation sites (N-methyl/N-ethyl adjacent to an activating group) is 1. The number of amides is 2. The fraction of sp³-hybridized carbons (Fsp3) is 0.222. The van der Waals surface area contributed by atoms with Crippen LogP contribution in [0.25, 0.3) is 0 Å². The fourth-order valence-corrected chi connectivity index (χ4v) is 3.06. The number of aromatic nitrogens is 1. The van der Waals surface area contributed by atoms with Crippen molar-refractivity contribution < 1.29 is 14.0 Å². The quantitative estimate of drug-likeness (QED) is 0.788. The van der Waals surface area contributed by atoms with Gasteiger partial charge in [-0.05, 0) is 37.3 Å². The largest absolute Gasteiger partial charge is 0.379 e. The molecule has 1 aliphatic heterocycles. The molecule has 148 valence electrons. The molecule has 1 atom stereocenters. The van der Waals surface area contributed by atoms with Gasteiger partial charge in [-0.25, -0.2) is 9.37 Å². The van der Waals surface area contributed by atoms with Gasteiger partial charge in [0.15, 0.2) is 5.84 Å². The number of carbonyl (C=O) groups excluding carboxylic acids is 2. The number of aliphatic imine (C=N–C) groups is 1. The van der Waals surface area contributed by atoms with Gasteiger partial charge in [0.1, 0.15) is 17.1 Å². The zero-order chi connectivity index (χ0) is 19.8. The molecule has 3 rings (SSSR count). The molecule has 0 saturated carbocycles. The number of carbonyl (C=O) groups is 2. The highest BCUT2D eigenvalue weighted by molar-refractivity contribution is 6.37. The van der Waals surface area contributed by atoms with Gasteiger partial charge in [-0.15, -0.1) is 12.4 Å². The molecule has 1 aromatic heterocycles. The summed E-state index contributed by atoms with van der Waals surface area (Å²) in [6, 6.07) is 7.17. The Morgan fingerprint density at radius 2 is 2.07 bits per heavy atom. The van der Waals surface area contributed by atoms with Crippen LogP contribution in [0.2, 0.25) is 5.02 Å². The summed E-state index contributed by atoms with van der Waals surface area (Å²) in [6.45, 7) is 1.83. The van der Waals surface area contributed by atoms with E-state index in [4.69, 9.17) is 17.3 Å². The third-order valence-electron chi connectivity index (χ3n) is 4.24. The van der Waals surface area contributed by atoms with Gasteiger partial charge >= 0.3 is 0 Å². The summed E-state index contributed by atoms with van der Waals surface area (Å²) >= 11 is 5.76. The smallest absolute Gasteiger partial charge is 0.288 e. The Morgan fingerprint density at radius 1 is 1.36 bits per heavy atom. The van der Waals surface area contributed by atoms with Gasteiger partial charge in [0.25, 0.3) is 11.8 Å². The molecule has 0 radical (unpaired) electrons. The number of amidine groups is 1. The molecule has 3 N–H and O–H groups in total. The molecule has 0 spiro atoms. The van der Waals surface area contributed by atoms with Crippen molar-refractivity contribution in [2.45, 2.75) is 12.5 Å². The third kappa shape index (κ3) is 4.23. The number of benzene rings is 1. The average molecular weight is 426 g/mol. The summed E-state index contributed by atoms with van der Waals surface area (Å²) in [5.41, 5.74) is 5.36. The Morgan fingerprint density at radius 3 is 2.68 bits per heavy atom. The van der Waals surface area contributed by atoms with Crippen LogP contribution in [0.15, 0.2) is 41.5 Å². The van der Waals surface area contributed by atoms with E-state index in [0.29, 0.717) is 10.7 Å². The maximum absolute atomic E-state index is 14.5. The number of hydrogen-bond acceptors (Lipinski definition) is 5. The van der Waals surface area contributed by atoms with Gasteiger partial charge < -0.3 is 16.0 Å². The predicted molar refractivity (Wildman–Crippen MR) is 107 cm³/mol. The van der Waals surface area contributed by atoms with Crippen molar-refractivity contribution in [2.75, 3.05) is 18.9 Å². The monoisotopic (exact) mass is 425 g/mol. The highest BCUT2D eigenvalue weighted by Crippen LogP contribution is 2.33. The molecule has 0 bridgehead atoms. The van der Waals surface area contributed by atoms with Crippen molar-refractivity contribution in [3.8, 4) is 0 Å². The van der Waals surface area contributed by atoms with E-state index in [2.05, 4.69) is 15.3 Å². The number of hydrogen-bond donors (Lipinski definition) is 2. The van der Waals surface area contributed by atoms with Crippen molar-refractivity contribution in [1.82, 2.24) is 9.88 Å². The Bertz CT molecular complexity index is 951. The van der Waals surface area contributed by atoms with E-state index >= 15 is 0 Å². The molecule has 0 aliphatic carbocycles. The first kappa shape index (κ1) is 21.6. The number of nitrogens with one attached hydrogen (secondary N) is 1. The van der Waals surface area contributed by atoms with E-state index in [0.717, 1.165) is 0 Å². The van der Waals surface area contributed by atoms with Crippen LogP contribution in [-0.4, -0.2) is 41.1 Å². The van der Waals surface area contributed by atoms with Crippen molar-refractivity contribution in [1.29, 1.82) is 0 Å². The minimum Gasteiger partial charge on any atom is -0.379 e. The molecule has 7 nitrogen and oxygen atoms in total. The fourth-order valence-electron chi connectivity index (χ4n) is 2.94. The van der Waals surface area contributed by atoms with Crippen LogP contribution in [0, 0.1) is 5.82 Å². The van der Waals surface area contributed by atoms with Gasteiger partial charge in [-0.1, -0.05) is 11.6 Å². The van der Waals surface area contributed by atoms with E-state index < -0.39 is 23.2 Å². The third-order valence-corrected chi connectivity index (χ3v) is 4.47. The highest BCUT2D eigenvalue weighted by Gasteiger charge is 2.37. The van der Waals surface area contributed by atoms with Gasteiger partial charge in [0, 0.05) is 24.5 Å². The number of anilines is 1. The van der Waals surface area contributed by atoms with Crippen LogP contribution in [0.4, 0.5) is 10.1 Å². The van der Waals surface area contributed by atoms with Crippen LogP contribution in [0.5, 0.6) is 0 Å². The van der Waals surface area contributed by atoms with E-state index in [1.807, 2.05) is 0 Å². The van der Waals surface area contributed by atoms with Crippen LogP contribution >= 0.6 is 24.0 Å². The molecule has 1 unspecified atom stereocenters. The van der Waals surface area contributed by atoms with Crippen LogP contribution in [0.3, 0.4) is 0 Å². The lowest BCUT2D eigenvalue weighted by Gasteiger charge is -2.35. The Balaban J connectivity index is 0.00000280. The second-order valence-electron chi connectivity index (χ2n) is 6.44. The maximum atomic E-state index is 14.5. The topological polar surface area (TPSA) is 101 Å². The van der Waals surface area contributed by atoms with Crippen LogP contribution in [-0.2, 0) is 10.3 Å². The first-order valence-electron chi connectivity index (χ1n) is 8.03. The van der Waals surface area contributed by atoms with E-state index in [-0.39, 0.29) is 36.0 Å².